The van der Waals surface area contributed by atoms with Crippen molar-refractivity contribution in [3.8, 4) is 0 Å². The third kappa shape index (κ3) is 3.79. The monoisotopic (exact) mass is 330 g/mol. The van der Waals surface area contributed by atoms with Gasteiger partial charge >= 0.3 is 0 Å². The molecule has 1 N–H and O–H groups in total. The number of carbonyl (C=O) groups excluding carboxylic acids is 1. The summed E-state index contributed by atoms with van der Waals surface area (Å²) in [6, 6.07) is 8.97. The van der Waals surface area contributed by atoms with E-state index in [9.17, 15) is 4.79 Å². The minimum atomic E-state index is -0.219. The van der Waals surface area contributed by atoms with E-state index in [1.807, 2.05) is 13.0 Å². The van der Waals surface area contributed by atoms with E-state index in [0.29, 0.717) is 16.4 Å². The van der Waals surface area contributed by atoms with Crippen LogP contribution in [0, 0.1) is 6.92 Å². The summed E-state index contributed by atoms with van der Waals surface area (Å²) in [5.74, 6) is 1.34. The van der Waals surface area contributed by atoms with Gasteiger partial charge in [0.1, 0.15) is 11.6 Å². The summed E-state index contributed by atoms with van der Waals surface area (Å²) in [6.07, 6.45) is 2.39. The largest absolute Gasteiger partial charge is 0.357 e. The molecular formula is C17H19ClN4O. The number of anilines is 1. The van der Waals surface area contributed by atoms with Crippen molar-refractivity contribution in [1.29, 1.82) is 0 Å². The highest BCUT2D eigenvalue weighted by Gasteiger charge is 2.16. The molecule has 1 aliphatic heterocycles. The molecule has 1 saturated heterocycles. The zero-order chi connectivity index (χ0) is 16.2. The molecule has 1 fully saturated rings. The molecule has 0 unspecified atom stereocenters. The molecule has 1 aliphatic rings. The Morgan fingerprint density at radius 1 is 1.26 bits per heavy atom. The van der Waals surface area contributed by atoms with Crippen molar-refractivity contribution in [3.63, 3.8) is 0 Å². The predicted octanol–water partition coefficient (Wildman–Crippen LogP) is 2.97. The van der Waals surface area contributed by atoms with Crippen LogP contribution in [0.4, 0.5) is 5.82 Å². The summed E-state index contributed by atoms with van der Waals surface area (Å²) < 4.78 is 0. The van der Waals surface area contributed by atoms with Crippen molar-refractivity contribution >= 4 is 23.3 Å². The lowest BCUT2D eigenvalue weighted by atomic mass is 10.2. The zero-order valence-corrected chi connectivity index (χ0v) is 13.8. The van der Waals surface area contributed by atoms with Crippen molar-refractivity contribution in [3.05, 3.63) is 52.4 Å². The first-order valence-electron chi connectivity index (χ1n) is 7.76. The highest BCUT2D eigenvalue weighted by atomic mass is 35.5. The molecule has 5 nitrogen and oxygen atoms in total. The molecule has 23 heavy (non-hydrogen) atoms. The van der Waals surface area contributed by atoms with Crippen LogP contribution in [0.1, 0.15) is 34.7 Å². The van der Waals surface area contributed by atoms with Gasteiger partial charge in [-0.25, -0.2) is 9.97 Å². The second-order valence-electron chi connectivity index (χ2n) is 5.64. The van der Waals surface area contributed by atoms with Gasteiger partial charge in [-0.1, -0.05) is 23.7 Å². The third-order valence-electron chi connectivity index (χ3n) is 3.84. The lowest BCUT2D eigenvalue weighted by molar-refractivity contribution is 0.0950. The SMILES string of the molecule is Cc1cc(N2CCCC2)nc(CNC(=O)c2ccccc2Cl)n1. The first-order valence-corrected chi connectivity index (χ1v) is 8.13. The van der Waals surface area contributed by atoms with Gasteiger partial charge in [0.05, 0.1) is 17.1 Å². The summed E-state index contributed by atoms with van der Waals surface area (Å²) >= 11 is 6.04. The van der Waals surface area contributed by atoms with Crippen LogP contribution in [-0.4, -0.2) is 29.0 Å². The second-order valence-corrected chi connectivity index (χ2v) is 6.05. The molecule has 3 rings (SSSR count). The Morgan fingerprint density at radius 2 is 2.00 bits per heavy atom. The number of hydrogen-bond acceptors (Lipinski definition) is 4. The molecule has 0 bridgehead atoms. The summed E-state index contributed by atoms with van der Waals surface area (Å²) in [4.78, 5) is 23.4. The molecule has 1 aromatic carbocycles. The van der Waals surface area contributed by atoms with Crippen molar-refractivity contribution in [2.24, 2.45) is 0 Å². The molecule has 1 amide bonds. The van der Waals surface area contributed by atoms with E-state index in [2.05, 4.69) is 20.2 Å². The number of benzene rings is 1. The van der Waals surface area contributed by atoms with E-state index in [1.54, 1.807) is 24.3 Å². The quantitative estimate of drug-likeness (QED) is 0.936. The molecule has 6 heteroatoms. The lowest BCUT2D eigenvalue weighted by Crippen LogP contribution is -2.25. The van der Waals surface area contributed by atoms with Crippen LogP contribution in [0.15, 0.2) is 30.3 Å². The normalized spacial score (nSPS) is 14.1. The lowest BCUT2D eigenvalue weighted by Gasteiger charge is -2.17. The summed E-state index contributed by atoms with van der Waals surface area (Å²) in [6.45, 7) is 4.29. The Morgan fingerprint density at radius 3 is 2.74 bits per heavy atom. The molecule has 120 valence electrons. The summed E-state index contributed by atoms with van der Waals surface area (Å²) in [5, 5.41) is 3.27. The Kier molecular flexibility index (Phi) is 4.76. The molecule has 0 atom stereocenters. The van der Waals surface area contributed by atoms with Crippen molar-refractivity contribution in [2.45, 2.75) is 26.3 Å². The molecule has 0 saturated carbocycles. The number of amides is 1. The van der Waals surface area contributed by atoms with Gasteiger partial charge in [0.25, 0.3) is 5.91 Å². The van der Waals surface area contributed by atoms with Crippen LogP contribution in [0.25, 0.3) is 0 Å². The van der Waals surface area contributed by atoms with Crippen LogP contribution in [0.5, 0.6) is 0 Å². The van der Waals surface area contributed by atoms with Crippen LogP contribution in [-0.2, 0) is 6.54 Å². The highest BCUT2D eigenvalue weighted by molar-refractivity contribution is 6.33. The van der Waals surface area contributed by atoms with Crippen LogP contribution in [0.2, 0.25) is 5.02 Å². The fourth-order valence-electron chi connectivity index (χ4n) is 2.70. The van der Waals surface area contributed by atoms with E-state index in [-0.39, 0.29) is 12.5 Å². The van der Waals surface area contributed by atoms with Gasteiger partial charge in [0.2, 0.25) is 0 Å². The van der Waals surface area contributed by atoms with E-state index in [0.717, 1.165) is 24.6 Å². The number of rotatable bonds is 4. The number of hydrogen-bond donors (Lipinski definition) is 1. The Hall–Kier alpha value is -2.14. The fourth-order valence-corrected chi connectivity index (χ4v) is 2.92. The molecule has 2 aromatic rings. The Balaban J connectivity index is 1.70. The first kappa shape index (κ1) is 15.7. The minimum absolute atomic E-state index is 0.219. The van der Waals surface area contributed by atoms with Gasteiger partial charge in [0, 0.05) is 24.8 Å². The van der Waals surface area contributed by atoms with E-state index < -0.39 is 0 Å². The van der Waals surface area contributed by atoms with E-state index in [1.165, 1.54) is 12.8 Å². The average molecular weight is 331 g/mol. The summed E-state index contributed by atoms with van der Waals surface area (Å²) in [5.41, 5.74) is 1.37. The topological polar surface area (TPSA) is 58.1 Å². The van der Waals surface area contributed by atoms with Crippen molar-refractivity contribution in [2.75, 3.05) is 18.0 Å². The van der Waals surface area contributed by atoms with E-state index in [4.69, 9.17) is 11.6 Å². The third-order valence-corrected chi connectivity index (χ3v) is 4.17. The van der Waals surface area contributed by atoms with Gasteiger partial charge in [0.15, 0.2) is 0 Å². The van der Waals surface area contributed by atoms with Gasteiger partial charge < -0.3 is 10.2 Å². The number of nitrogens with one attached hydrogen (secondary N) is 1. The van der Waals surface area contributed by atoms with Crippen LogP contribution >= 0.6 is 11.6 Å². The number of aryl methyl sites for hydroxylation is 1. The molecular weight excluding hydrogens is 312 g/mol. The Labute approximate surface area is 140 Å². The van der Waals surface area contributed by atoms with Gasteiger partial charge in [-0.05, 0) is 31.9 Å². The predicted molar refractivity (Wildman–Crippen MR) is 90.8 cm³/mol. The van der Waals surface area contributed by atoms with Crippen molar-refractivity contribution in [1.82, 2.24) is 15.3 Å². The molecule has 2 heterocycles. The minimum Gasteiger partial charge on any atom is -0.357 e. The molecule has 1 aromatic heterocycles. The highest BCUT2D eigenvalue weighted by Crippen LogP contribution is 2.19. The van der Waals surface area contributed by atoms with Gasteiger partial charge in [-0.3, -0.25) is 4.79 Å². The zero-order valence-electron chi connectivity index (χ0n) is 13.1. The maximum atomic E-state index is 12.2. The number of carbonyl (C=O) groups is 1. The fraction of sp³-hybridized carbons (Fsp3) is 0.353. The van der Waals surface area contributed by atoms with E-state index >= 15 is 0 Å². The maximum Gasteiger partial charge on any atom is 0.253 e. The number of nitrogens with zero attached hydrogens (tertiary/aromatic N) is 3. The second kappa shape index (κ2) is 6.96. The van der Waals surface area contributed by atoms with Crippen molar-refractivity contribution < 1.29 is 4.79 Å². The summed E-state index contributed by atoms with van der Waals surface area (Å²) in [7, 11) is 0. The molecule has 0 radical (unpaired) electrons. The number of aromatic nitrogens is 2. The van der Waals surface area contributed by atoms with Gasteiger partial charge in [-0.15, -0.1) is 0 Å². The first-order chi connectivity index (χ1) is 11.1. The average Bonchev–Trinajstić information content (AvgIpc) is 3.07. The maximum absolute atomic E-state index is 12.2. The van der Waals surface area contributed by atoms with Gasteiger partial charge in [-0.2, -0.15) is 0 Å². The number of halogens is 1. The van der Waals surface area contributed by atoms with Crippen LogP contribution < -0.4 is 10.2 Å². The molecule has 0 aliphatic carbocycles. The standard InChI is InChI=1S/C17H19ClN4O/c1-12-10-16(22-8-4-5-9-22)21-15(20-12)11-19-17(23)13-6-2-3-7-14(13)18/h2-3,6-7,10H,4-5,8-9,11H2,1H3,(H,19,23). The molecule has 0 spiro atoms. The Bertz CT molecular complexity index is 713. The van der Waals surface area contributed by atoms with Crippen LogP contribution in [0.3, 0.4) is 0 Å². The smallest absolute Gasteiger partial charge is 0.253 e.